The number of fused-ring (bicyclic) bond motifs is 2. The molecule has 4 unspecified atom stereocenters. The van der Waals surface area contributed by atoms with Gasteiger partial charge in [-0.15, -0.1) is 0 Å². The van der Waals surface area contributed by atoms with E-state index in [0.717, 1.165) is 30.5 Å². The van der Waals surface area contributed by atoms with Crippen molar-refractivity contribution in [2.24, 2.45) is 11.8 Å². The summed E-state index contributed by atoms with van der Waals surface area (Å²) in [5.74, 6) is 1.10. The number of urea groups is 2. The Kier molecular flexibility index (Phi) is 6.42. The van der Waals surface area contributed by atoms with Gasteiger partial charge in [-0.2, -0.15) is 0 Å². The molecule has 2 fully saturated rings. The molecule has 0 saturated heterocycles. The minimum Gasteiger partial charge on any atom is -0.381 e. The summed E-state index contributed by atoms with van der Waals surface area (Å²) in [7, 11) is 3.67. The van der Waals surface area contributed by atoms with Gasteiger partial charge in [-0.3, -0.25) is 0 Å². The maximum Gasteiger partial charge on any atom is 0.323 e. The van der Waals surface area contributed by atoms with Crippen molar-refractivity contribution in [3.05, 3.63) is 60.2 Å². The van der Waals surface area contributed by atoms with Crippen LogP contribution in [0.4, 0.5) is 21.0 Å². The van der Waals surface area contributed by atoms with E-state index in [1.807, 2.05) is 66.5 Å². The van der Waals surface area contributed by atoms with Crippen LogP contribution in [0.25, 0.3) is 0 Å². The van der Waals surface area contributed by atoms with E-state index in [0.29, 0.717) is 30.2 Å². The number of benzene rings is 2. The molecule has 2 aliphatic rings. The van der Waals surface area contributed by atoms with Crippen molar-refractivity contribution in [3.8, 4) is 0 Å². The SMILES string of the molecule is COC1CC2CC1CC2N(C)C(=O)NCc1cccc(NC(=O)Nc2ccccc2)c1. The predicted molar refractivity (Wildman–Crippen MR) is 121 cm³/mol. The van der Waals surface area contributed by atoms with Gasteiger partial charge in [-0.1, -0.05) is 30.3 Å². The van der Waals surface area contributed by atoms with Gasteiger partial charge in [0.25, 0.3) is 0 Å². The molecule has 164 valence electrons. The molecular weight excluding hydrogens is 392 g/mol. The molecule has 0 aliphatic heterocycles. The molecule has 0 spiro atoms. The van der Waals surface area contributed by atoms with E-state index < -0.39 is 0 Å². The largest absolute Gasteiger partial charge is 0.381 e. The van der Waals surface area contributed by atoms with E-state index in [4.69, 9.17) is 4.74 Å². The molecule has 2 aromatic carbocycles. The quantitative estimate of drug-likeness (QED) is 0.650. The van der Waals surface area contributed by atoms with Crippen molar-refractivity contribution >= 4 is 23.4 Å². The summed E-state index contributed by atoms with van der Waals surface area (Å²) in [6.07, 6.45) is 3.57. The minimum absolute atomic E-state index is 0.0632. The molecule has 7 nitrogen and oxygen atoms in total. The number of nitrogens with one attached hydrogen (secondary N) is 3. The summed E-state index contributed by atoms with van der Waals surface area (Å²) in [4.78, 5) is 26.7. The average Bonchev–Trinajstić information content (AvgIpc) is 3.38. The number of anilines is 2. The first kappa shape index (κ1) is 21.2. The summed E-state index contributed by atoms with van der Waals surface area (Å²) in [5.41, 5.74) is 2.32. The zero-order chi connectivity index (χ0) is 21.8. The molecule has 0 aromatic heterocycles. The Morgan fingerprint density at radius 3 is 2.42 bits per heavy atom. The lowest BCUT2D eigenvalue weighted by Gasteiger charge is -2.34. The first-order chi connectivity index (χ1) is 15.0. The van der Waals surface area contributed by atoms with Gasteiger partial charge in [0.2, 0.25) is 0 Å². The van der Waals surface area contributed by atoms with Crippen molar-refractivity contribution in [3.63, 3.8) is 0 Å². The minimum atomic E-state index is -0.308. The van der Waals surface area contributed by atoms with Gasteiger partial charge in [-0.05, 0) is 60.9 Å². The molecular formula is C24H30N4O3. The Bertz CT molecular complexity index is 920. The highest BCUT2D eigenvalue weighted by molar-refractivity contribution is 5.99. The Morgan fingerprint density at radius 1 is 0.968 bits per heavy atom. The lowest BCUT2D eigenvalue weighted by atomic mass is 9.92. The molecule has 4 rings (SSSR count). The third kappa shape index (κ3) is 4.99. The van der Waals surface area contributed by atoms with E-state index in [1.165, 1.54) is 0 Å². The van der Waals surface area contributed by atoms with Crippen molar-refractivity contribution in [1.29, 1.82) is 0 Å². The second kappa shape index (κ2) is 9.39. The van der Waals surface area contributed by atoms with Crippen LogP contribution in [0.2, 0.25) is 0 Å². The number of hydrogen-bond donors (Lipinski definition) is 3. The first-order valence-corrected chi connectivity index (χ1v) is 10.8. The van der Waals surface area contributed by atoms with Gasteiger partial charge >= 0.3 is 12.1 Å². The van der Waals surface area contributed by atoms with E-state index in [-0.39, 0.29) is 18.1 Å². The number of amides is 4. The molecule has 4 amide bonds. The van der Waals surface area contributed by atoms with Crippen LogP contribution in [-0.2, 0) is 11.3 Å². The van der Waals surface area contributed by atoms with Crippen LogP contribution >= 0.6 is 0 Å². The second-order valence-electron chi connectivity index (χ2n) is 8.48. The Morgan fingerprint density at radius 2 is 1.71 bits per heavy atom. The van der Waals surface area contributed by atoms with Gasteiger partial charge in [0.05, 0.1) is 6.10 Å². The van der Waals surface area contributed by atoms with E-state index in [2.05, 4.69) is 16.0 Å². The predicted octanol–water partition coefficient (Wildman–Crippen LogP) is 4.29. The number of carbonyl (C=O) groups excluding carboxylic acids is 2. The maximum atomic E-state index is 12.7. The highest BCUT2D eigenvalue weighted by Gasteiger charge is 2.48. The molecule has 7 heteroatoms. The lowest BCUT2D eigenvalue weighted by Crippen LogP contribution is -2.46. The highest BCUT2D eigenvalue weighted by Crippen LogP contribution is 2.47. The fourth-order valence-electron chi connectivity index (χ4n) is 4.98. The normalized spacial score (nSPS) is 23.9. The topological polar surface area (TPSA) is 82.7 Å². The zero-order valence-electron chi connectivity index (χ0n) is 18.0. The standard InChI is InChI=1S/C24H30N4O3/c1-28(21-13-18-12-17(21)14-22(18)31-2)24(30)25-15-16-7-6-10-20(11-16)27-23(29)26-19-8-4-3-5-9-19/h3-11,17-18,21-22H,12-15H2,1-2H3,(H,25,30)(H2,26,27,29). The van der Waals surface area contributed by atoms with Crippen molar-refractivity contribution in [1.82, 2.24) is 10.2 Å². The fraction of sp³-hybridized carbons (Fsp3) is 0.417. The molecule has 0 radical (unpaired) electrons. The molecule has 3 N–H and O–H groups in total. The van der Waals surface area contributed by atoms with E-state index in [1.54, 1.807) is 7.11 Å². The summed E-state index contributed by atoms with van der Waals surface area (Å²) >= 11 is 0. The zero-order valence-corrected chi connectivity index (χ0v) is 18.0. The van der Waals surface area contributed by atoms with Crippen molar-refractivity contribution in [2.75, 3.05) is 24.8 Å². The lowest BCUT2D eigenvalue weighted by molar-refractivity contribution is 0.0392. The van der Waals surface area contributed by atoms with Gasteiger partial charge < -0.3 is 25.6 Å². The number of para-hydroxylation sites is 1. The molecule has 0 heterocycles. The Labute approximate surface area is 183 Å². The van der Waals surface area contributed by atoms with Crippen LogP contribution in [0, 0.1) is 11.8 Å². The molecule has 31 heavy (non-hydrogen) atoms. The summed E-state index contributed by atoms with van der Waals surface area (Å²) in [5, 5.41) is 8.63. The summed E-state index contributed by atoms with van der Waals surface area (Å²) < 4.78 is 5.56. The number of rotatable bonds is 6. The number of nitrogens with zero attached hydrogens (tertiary/aromatic N) is 1. The molecule has 2 saturated carbocycles. The van der Waals surface area contributed by atoms with E-state index >= 15 is 0 Å². The van der Waals surface area contributed by atoms with Crippen molar-refractivity contribution < 1.29 is 14.3 Å². The van der Waals surface area contributed by atoms with Gasteiger partial charge in [-0.25, -0.2) is 9.59 Å². The summed E-state index contributed by atoms with van der Waals surface area (Å²) in [6, 6.07) is 16.7. The van der Waals surface area contributed by atoms with Crippen LogP contribution in [0.3, 0.4) is 0 Å². The fourth-order valence-corrected chi connectivity index (χ4v) is 4.98. The number of carbonyl (C=O) groups is 2. The number of hydrogen-bond acceptors (Lipinski definition) is 3. The average molecular weight is 423 g/mol. The van der Waals surface area contributed by atoms with Crippen molar-refractivity contribution in [2.45, 2.75) is 38.0 Å². The third-order valence-corrected chi connectivity index (χ3v) is 6.54. The smallest absolute Gasteiger partial charge is 0.323 e. The third-order valence-electron chi connectivity index (χ3n) is 6.54. The molecule has 4 atom stereocenters. The first-order valence-electron chi connectivity index (χ1n) is 10.8. The van der Waals surface area contributed by atoms with Gasteiger partial charge in [0.1, 0.15) is 0 Å². The molecule has 2 aliphatic carbocycles. The second-order valence-corrected chi connectivity index (χ2v) is 8.48. The Balaban J connectivity index is 1.27. The number of ether oxygens (including phenoxy) is 1. The van der Waals surface area contributed by atoms with Crippen LogP contribution in [0.1, 0.15) is 24.8 Å². The van der Waals surface area contributed by atoms with Crippen LogP contribution in [-0.4, -0.2) is 43.3 Å². The van der Waals surface area contributed by atoms with Gasteiger partial charge in [0.15, 0.2) is 0 Å². The van der Waals surface area contributed by atoms with Crippen LogP contribution in [0.15, 0.2) is 54.6 Å². The molecule has 2 bridgehead atoms. The van der Waals surface area contributed by atoms with Gasteiger partial charge in [0, 0.05) is 38.1 Å². The highest BCUT2D eigenvalue weighted by atomic mass is 16.5. The van der Waals surface area contributed by atoms with Crippen LogP contribution in [0.5, 0.6) is 0 Å². The number of methoxy groups -OCH3 is 1. The summed E-state index contributed by atoms with van der Waals surface area (Å²) in [6.45, 7) is 0.403. The Hall–Kier alpha value is -3.06. The van der Waals surface area contributed by atoms with Crippen LogP contribution < -0.4 is 16.0 Å². The van der Waals surface area contributed by atoms with E-state index in [9.17, 15) is 9.59 Å². The maximum absolute atomic E-state index is 12.7. The molecule has 2 aromatic rings. The monoisotopic (exact) mass is 422 g/mol.